The van der Waals surface area contributed by atoms with E-state index in [2.05, 4.69) is 30.6 Å². The third kappa shape index (κ3) is 5.17. The predicted molar refractivity (Wildman–Crippen MR) is 140 cm³/mol. The van der Waals surface area contributed by atoms with Crippen molar-refractivity contribution in [2.45, 2.75) is 32.2 Å². The largest absolute Gasteiger partial charge is 0.486 e. The van der Waals surface area contributed by atoms with E-state index < -0.39 is 11.7 Å². The van der Waals surface area contributed by atoms with Crippen molar-refractivity contribution in [2.75, 3.05) is 17.2 Å². The van der Waals surface area contributed by atoms with Crippen LogP contribution >= 0.6 is 11.6 Å². The van der Waals surface area contributed by atoms with Gasteiger partial charge in [0, 0.05) is 23.0 Å². The van der Waals surface area contributed by atoms with E-state index in [4.69, 9.17) is 21.1 Å². The van der Waals surface area contributed by atoms with Gasteiger partial charge in [0.25, 0.3) is 6.02 Å². The van der Waals surface area contributed by atoms with Gasteiger partial charge >= 0.3 is 0 Å². The fourth-order valence-electron chi connectivity index (χ4n) is 3.62. The molecule has 3 N–H and O–H groups in total. The molecule has 5 rings (SSSR count). The fraction of sp³-hybridized carbons (Fsp3) is 0.231. The number of nitrogens with zero attached hydrogens (tertiary/aromatic N) is 4. The highest BCUT2D eigenvalue weighted by atomic mass is 35.5. The third-order valence-electron chi connectivity index (χ3n) is 5.93. The molecule has 3 heterocycles. The Morgan fingerprint density at radius 3 is 2.67 bits per heavy atom. The summed E-state index contributed by atoms with van der Waals surface area (Å²) in [5, 5.41) is 17.7. The molecule has 0 amide bonds. The van der Waals surface area contributed by atoms with Crippen LogP contribution in [0.4, 0.5) is 17.2 Å². The Kier molecular flexibility index (Phi) is 6.58. The van der Waals surface area contributed by atoms with Crippen LogP contribution in [-0.2, 0) is 11.3 Å². The number of pyridine rings is 1. The molecule has 1 unspecified atom stereocenters. The van der Waals surface area contributed by atoms with Crippen LogP contribution in [0.15, 0.2) is 72.1 Å². The van der Waals surface area contributed by atoms with Crippen LogP contribution in [0.3, 0.4) is 0 Å². The average molecular weight is 505 g/mol. The van der Waals surface area contributed by atoms with Crippen LogP contribution in [0.1, 0.15) is 19.5 Å². The van der Waals surface area contributed by atoms with Gasteiger partial charge < -0.3 is 25.2 Å². The number of hydrogen-bond acceptors (Lipinski definition) is 9. The van der Waals surface area contributed by atoms with Gasteiger partial charge in [-0.2, -0.15) is 0 Å². The van der Waals surface area contributed by atoms with E-state index in [-0.39, 0.29) is 0 Å². The normalized spacial score (nSPS) is 17.8. The number of fused-ring (bicyclic) bond motifs is 1. The summed E-state index contributed by atoms with van der Waals surface area (Å²) in [7, 11) is 0. The van der Waals surface area contributed by atoms with Gasteiger partial charge in [-0.1, -0.05) is 17.7 Å². The molecule has 0 spiro atoms. The molecule has 4 aromatic rings. The molecule has 0 bridgehead atoms. The first-order valence-corrected chi connectivity index (χ1v) is 11.8. The zero-order valence-electron chi connectivity index (χ0n) is 19.8. The van der Waals surface area contributed by atoms with Gasteiger partial charge in [-0.25, -0.2) is 15.0 Å². The summed E-state index contributed by atoms with van der Waals surface area (Å²) in [6, 6.07) is 17.2. The van der Waals surface area contributed by atoms with Crippen molar-refractivity contribution < 1.29 is 14.6 Å². The number of ether oxygens (including phenoxy) is 2. The van der Waals surface area contributed by atoms with Crippen molar-refractivity contribution in [1.29, 1.82) is 0 Å². The molecule has 0 aliphatic carbocycles. The average Bonchev–Trinajstić information content (AvgIpc) is 3.26. The van der Waals surface area contributed by atoms with Gasteiger partial charge in [0.2, 0.25) is 0 Å². The van der Waals surface area contributed by atoms with E-state index in [1.807, 2.05) is 49.4 Å². The second kappa shape index (κ2) is 9.96. The van der Waals surface area contributed by atoms with E-state index in [1.165, 1.54) is 6.33 Å². The van der Waals surface area contributed by atoms with Crippen molar-refractivity contribution in [3.63, 3.8) is 0 Å². The SMILES string of the molecule is CC(O)[C@]1(C)CN=C(Nc2ccc3ncnc(Nc4ccc(OCc5ccccn5)c(Cl)c4)c3c2)O1. The minimum Gasteiger partial charge on any atom is -0.486 e. The van der Waals surface area contributed by atoms with Crippen LogP contribution < -0.4 is 15.4 Å². The number of aliphatic hydroxyl groups excluding tert-OH is 1. The van der Waals surface area contributed by atoms with Crippen LogP contribution in [0.2, 0.25) is 5.02 Å². The predicted octanol–water partition coefficient (Wildman–Crippen LogP) is 4.94. The molecule has 0 saturated carbocycles. The van der Waals surface area contributed by atoms with E-state index >= 15 is 0 Å². The lowest BCUT2D eigenvalue weighted by Crippen LogP contribution is -2.41. The molecule has 0 fully saturated rings. The number of nitrogens with one attached hydrogen (secondary N) is 2. The maximum atomic E-state index is 9.96. The molecule has 1 aliphatic rings. The summed E-state index contributed by atoms with van der Waals surface area (Å²) in [5.74, 6) is 1.18. The Hall–Kier alpha value is -3.95. The maximum absolute atomic E-state index is 9.96. The minimum absolute atomic E-state index is 0.324. The first-order valence-electron chi connectivity index (χ1n) is 11.4. The molecule has 2 atom stereocenters. The molecular weight excluding hydrogens is 480 g/mol. The van der Waals surface area contributed by atoms with E-state index in [9.17, 15) is 5.11 Å². The second-order valence-electron chi connectivity index (χ2n) is 8.67. The van der Waals surface area contributed by atoms with Crippen LogP contribution in [0.5, 0.6) is 5.75 Å². The van der Waals surface area contributed by atoms with E-state index in [0.717, 1.165) is 28.0 Å². The van der Waals surface area contributed by atoms with Crippen LogP contribution in [-0.4, -0.2) is 44.3 Å². The monoisotopic (exact) mass is 504 g/mol. The first-order chi connectivity index (χ1) is 17.4. The molecular formula is C26H25ClN6O3. The Bertz CT molecular complexity index is 1420. The van der Waals surface area contributed by atoms with Crippen LogP contribution in [0, 0.1) is 0 Å². The lowest BCUT2D eigenvalue weighted by Gasteiger charge is -2.26. The van der Waals surface area contributed by atoms with Crippen molar-refractivity contribution in [3.8, 4) is 5.75 Å². The van der Waals surface area contributed by atoms with Gasteiger partial charge in [0.05, 0.1) is 28.9 Å². The topological polar surface area (TPSA) is 114 Å². The lowest BCUT2D eigenvalue weighted by molar-refractivity contribution is -0.0197. The minimum atomic E-state index is -0.748. The molecule has 2 aromatic carbocycles. The number of halogens is 1. The fourth-order valence-corrected chi connectivity index (χ4v) is 3.86. The lowest BCUT2D eigenvalue weighted by atomic mass is 10.0. The van der Waals surface area contributed by atoms with Crippen molar-refractivity contribution in [3.05, 3.63) is 77.8 Å². The van der Waals surface area contributed by atoms with Gasteiger partial charge in [0.1, 0.15) is 24.5 Å². The molecule has 2 aromatic heterocycles. The Morgan fingerprint density at radius 2 is 1.92 bits per heavy atom. The third-order valence-corrected chi connectivity index (χ3v) is 6.23. The standard InChI is InChI=1S/C26H25ClN6O3/c1-16(34)26(2)14-29-25(36-26)33-17-6-8-22-20(11-17)24(31-15-30-22)32-18-7-9-23(21(27)12-18)35-13-19-5-3-4-10-28-19/h3-12,15-16,34H,13-14H2,1-2H3,(H,29,33)(H,30,31,32)/t16?,26-/m0/s1. The van der Waals surface area contributed by atoms with Crippen molar-refractivity contribution in [2.24, 2.45) is 4.99 Å². The summed E-state index contributed by atoms with van der Waals surface area (Å²) < 4.78 is 11.6. The molecule has 36 heavy (non-hydrogen) atoms. The Balaban J connectivity index is 1.32. The zero-order valence-corrected chi connectivity index (χ0v) is 20.5. The molecule has 10 heteroatoms. The van der Waals surface area contributed by atoms with Gasteiger partial charge in [-0.15, -0.1) is 0 Å². The molecule has 9 nitrogen and oxygen atoms in total. The highest BCUT2D eigenvalue weighted by Crippen LogP contribution is 2.32. The highest BCUT2D eigenvalue weighted by Gasteiger charge is 2.38. The van der Waals surface area contributed by atoms with Gasteiger partial charge in [-0.05, 0) is 62.4 Å². The van der Waals surface area contributed by atoms with Gasteiger partial charge in [-0.3, -0.25) is 4.98 Å². The van der Waals surface area contributed by atoms with Gasteiger partial charge in [0.15, 0.2) is 5.60 Å². The summed E-state index contributed by atoms with van der Waals surface area (Å²) in [5.41, 5.74) is 2.34. The second-order valence-corrected chi connectivity index (χ2v) is 9.08. The summed E-state index contributed by atoms with van der Waals surface area (Å²) in [6.45, 7) is 4.21. The number of anilines is 3. The number of benzene rings is 2. The highest BCUT2D eigenvalue weighted by molar-refractivity contribution is 6.32. The Morgan fingerprint density at radius 1 is 1.08 bits per heavy atom. The zero-order chi connectivity index (χ0) is 25.1. The smallest absolute Gasteiger partial charge is 0.290 e. The van der Waals surface area contributed by atoms with Crippen molar-refractivity contribution in [1.82, 2.24) is 15.0 Å². The summed E-state index contributed by atoms with van der Waals surface area (Å²) in [4.78, 5) is 17.4. The van der Waals surface area contributed by atoms with E-state index in [1.54, 1.807) is 25.3 Å². The molecule has 0 radical (unpaired) electrons. The number of aliphatic imine (C=N–C) groups is 1. The Labute approximate surface area is 213 Å². The number of amidine groups is 1. The molecule has 0 saturated heterocycles. The first kappa shape index (κ1) is 23.8. The molecule has 184 valence electrons. The maximum Gasteiger partial charge on any atom is 0.290 e. The number of aliphatic hydroxyl groups is 1. The van der Waals surface area contributed by atoms with Crippen molar-refractivity contribution >= 4 is 45.7 Å². The number of aromatic nitrogens is 3. The quantitative estimate of drug-likeness (QED) is 0.324. The number of rotatable bonds is 7. The summed E-state index contributed by atoms with van der Waals surface area (Å²) in [6.07, 6.45) is 2.57. The van der Waals surface area contributed by atoms with Crippen LogP contribution in [0.25, 0.3) is 10.9 Å². The number of hydrogen-bond donors (Lipinski definition) is 3. The van der Waals surface area contributed by atoms with E-state index in [0.29, 0.717) is 35.8 Å². The molecule has 1 aliphatic heterocycles. The summed E-state index contributed by atoms with van der Waals surface area (Å²) >= 11 is 6.47.